The highest BCUT2D eigenvalue weighted by molar-refractivity contribution is 5.27. The summed E-state index contributed by atoms with van der Waals surface area (Å²) in [5, 5.41) is 0. The molecule has 102 valence electrons. The van der Waals surface area contributed by atoms with E-state index in [1.807, 2.05) is 6.92 Å². The van der Waals surface area contributed by atoms with E-state index in [1.54, 1.807) is 0 Å². The molecule has 1 aromatic heterocycles. The van der Waals surface area contributed by atoms with Crippen LogP contribution in [-0.4, -0.2) is 9.97 Å². The largest absolute Gasteiger partial charge is 0.294 e. The van der Waals surface area contributed by atoms with Gasteiger partial charge in [0.2, 0.25) is 5.95 Å². The van der Waals surface area contributed by atoms with E-state index in [9.17, 15) is 4.79 Å². The predicted molar refractivity (Wildman–Crippen MR) is 74.5 cm³/mol. The van der Waals surface area contributed by atoms with Gasteiger partial charge in [-0.2, -0.15) is 0 Å². The number of nitrogens with one attached hydrogen (secondary N) is 2. The number of nitrogens with zero attached hydrogens (tertiary/aromatic N) is 1. The first-order chi connectivity index (χ1) is 8.69. The van der Waals surface area contributed by atoms with E-state index >= 15 is 0 Å². The summed E-state index contributed by atoms with van der Waals surface area (Å²) in [5.74, 6) is 5.55. The number of hydrazine groups is 1. The van der Waals surface area contributed by atoms with Crippen molar-refractivity contribution in [1.29, 1.82) is 0 Å². The molecule has 0 aliphatic heterocycles. The third-order valence-corrected chi connectivity index (χ3v) is 3.14. The van der Waals surface area contributed by atoms with Crippen LogP contribution >= 0.6 is 0 Å². The fourth-order valence-electron chi connectivity index (χ4n) is 2.06. The second kappa shape index (κ2) is 7.87. The van der Waals surface area contributed by atoms with Crippen molar-refractivity contribution in [1.82, 2.24) is 9.97 Å². The molecule has 0 saturated heterocycles. The van der Waals surface area contributed by atoms with Crippen LogP contribution in [-0.2, 0) is 6.42 Å². The number of aromatic nitrogens is 2. The summed E-state index contributed by atoms with van der Waals surface area (Å²) >= 11 is 0. The molecule has 0 bridgehead atoms. The molecule has 5 heteroatoms. The minimum atomic E-state index is -0.0796. The van der Waals surface area contributed by atoms with Gasteiger partial charge in [-0.05, 0) is 19.8 Å². The molecule has 1 heterocycles. The zero-order valence-corrected chi connectivity index (χ0v) is 11.4. The molecule has 0 saturated carbocycles. The monoisotopic (exact) mass is 252 g/mol. The Labute approximate surface area is 108 Å². The second-order valence-corrected chi connectivity index (χ2v) is 4.64. The fourth-order valence-corrected chi connectivity index (χ4v) is 2.06. The Hall–Kier alpha value is -1.36. The lowest BCUT2D eigenvalue weighted by molar-refractivity contribution is 0.605. The van der Waals surface area contributed by atoms with Crippen LogP contribution in [0.1, 0.15) is 56.7 Å². The molecular weight excluding hydrogens is 228 g/mol. The van der Waals surface area contributed by atoms with Crippen molar-refractivity contribution in [3.8, 4) is 0 Å². The Bertz CT molecular complexity index is 414. The predicted octanol–water partition coefficient (Wildman–Crippen LogP) is 2.27. The number of nitrogens with two attached hydrogens (primary N) is 1. The van der Waals surface area contributed by atoms with Crippen molar-refractivity contribution in [2.24, 2.45) is 5.84 Å². The Morgan fingerprint density at radius 1 is 1.22 bits per heavy atom. The normalized spacial score (nSPS) is 10.6. The highest BCUT2D eigenvalue weighted by atomic mass is 16.1. The highest BCUT2D eigenvalue weighted by Gasteiger charge is 2.07. The standard InChI is InChI=1S/C13H24N4O/c1-3-4-5-6-7-8-9-11-10(2)15-13(17-14)16-12(11)18/h3-9,14H2,1-2H3,(H2,15,16,17,18). The Balaban J connectivity index is 2.45. The van der Waals surface area contributed by atoms with Gasteiger partial charge in [0, 0.05) is 11.3 Å². The quantitative estimate of drug-likeness (QED) is 0.376. The number of aromatic amines is 1. The van der Waals surface area contributed by atoms with Crippen LogP contribution in [0.15, 0.2) is 4.79 Å². The number of anilines is 1. The fraction of sp³-hybridized carbons (Fsp3) is 0.692. The molecule has 0 spiro atoms. The van der Waals surface area contributed by atoms with Crippen molar-refractivity contribution in [2.45, 2.75) is 58.8 Å². The molecular formula is C13H24N4O. The van der Waals surface area contributed by atoms with Crippen LogP contribution < -0.4 is 16.8 Å². The smallest absolute Gasteiger partial charge is 0.255 e. The maximum absolute atomic E-state index is 11.8. The summed E-state index contributed by atoms with van der Waals surface area (Å²) in [6.45, 7) is 4.06. The van der Waals surface area contributed by atoms with Crippen molar-refractivity contribution < 1.29 is 0 Å². The first-order valence-corrected chi connectivity index (χ1v) is 6.75. The van der Waals surface area contributed by atoms with Gasteiger partial charge < -0.3 is 0 Å². The van der Waals surface area contributed by atoms with Crippen molar-refractivity contribution >= 4 is 5.95 Å². The van der Waals surface area contributed by atoms with E-state index in [0.717, 1.165) is 24.1 Å². The average Bonchev–Trinajstić information content (AvgIpc) is 2.35. The van der Waals surface area contributed by atoms with Gasteiger partial charge in [0.05, 0.1) is 0 Å². The Kier molecular flexibility index (Phi) is 6.43. The summed E-state index contributed by atoms with van der Waals surface area (Å²) in [5.41, 5.74) is 3.83. The molecule has 4 N–H and O–H groups in total. The topological polar surface area (TPSA) is 83.8 Å². The molecule has 18 heavy (non-hydrogen) atoms. The number of aryl methyl sites for hydroxylation is 1. The Morgan fingerprint density at radius 2 is 1.89 bits per heavy atom. The number of unbranched alkanes of at least 4 members (excludes halogenated alkanes) is 5. The molecule has 0 amide bonds. The van der Waals surface area contributed by atoms with E-state index in [2.05, 4.69) is 22.3 Å². The van der Waals surface area contributed by atoms with Crippen molar-refractivity contribution in [3.63, 3.8) is 0 Å². The molecule has 0 aliphatic carbocycles. The summed E-state index contributed by atoms with van der Waals surface area (Å²) in [6, 6.07) is 0. The first-order valence-electron chi connectivity index (χ1n) is 6.75. The van der Waals surface area contributed by atoms with Crippen LogP contribution in [0.2, 0.25) is 0 Å². The molecule has 0 fully saturated rings. The minimum Gasteiger partial charge on any atom is -0.294 e. The van der Waals surface area contributed by atoms with Gasteiger partial charge in [-0.25, -0.2) is 10.8 Å². The van der Waals surface area contributed by atoms with E-state index < -0.39 is 0 Å². The molecule has 0 aliphatic rings. The number of nitrogen functional groups attached to an aromatic ring is 1. The van der Waals surface area contributed by atoms with Crippen LogP contribution in [0.4, 0.5) is 5.95 Å². The van der Waals surface area contributed by atoms with E-state index in [0.29, 0.717) is 5.95 Å². The third-order valence-electron chi connectivity index (χ3n) is 3.14. The molecule has 0 aromatic carbocycles. The summed E-state index contributed by atoms with van der Waals surface area (Å²) in [4.78, 5) is 18.6. The summed E-state index contributed by atoms with van der Waals surface area (Å²) in [6.07, 6.45) is 8.13. The Morgan fingerprint density at radius 3 is 2.50 bits per heavy atom. The van der Waals surface area contributed by atoms with Gasteiger partial charge in [0.25, 0.3) is 5.56 Å². The van der Waals surface area contributed by atoms with Gasteiger partial charge in [0.15, 0.2) is 0 Å². The number of hydrogen-bond acceptors (Lipinski definition) is 4. The van der Waals surface area contributed by atoms with Gasteiger partial charge in [0.1, 0.15) is 0 Å². The molecule has 5 nitrogen and oxygen atoms in total. The van der Waals surface area contributed by atoms with E-state index in [-0.39, 0.29) is 5.56 Å². The lowest BCUT2D eigenvalue weighted by Crippen LogP contribution is -2.21. The minimum absolute atomic E-state index is 0.0796. The van der Waals surface area contributed by atoms with Gasteiger partial charge >= 0.3 is 0 Å². The van der Waals surface area contributed by atoms with E-state index in [1.165, 1.54) is 32.1 Å². The highest BCUT2D eigenvalue weighted by Crippen LogP contribution is 2.09. The van der Waals surface area contributed by atoms with Crippen LogP contribution in [0.3, 0.4) is 0 Å². The van der Waals surface area contributed by atoms with Gasteiger partial charge in [-0.1, -0.05) is 39.0 Å². The zero-order chi connectivity index (χ0) is 13.4. The zero-order valence-electron chi connectivity index (χ0n) is 11.4. The number of rotatable bonds is 8. The van der Waals surface area contributed by atoms with Gasteiger partial charge in [-0.15, -0.1) is 0 Å². The molecule has 0 unspecified atom stereocenters. The van der Waals surface area contributed by atoms with Crippen molar-refractivity contribution in [3.05, 3.63) is 21.6 Å². The molecule has 1 rings (SSSR count). The average molecular weight is 252 g/mol. The lowest BCUT2D eigenvalue weighted by atomic mass is 10.1. The molecule has 0 atom stereocenters. The van der Waals surface area contributed by atoms with E-state index in [4.69, 9.17) is 5.84 Å². The third kappa shape index (κ3) is 4.49. The van der Waals surface area contributed by atoms with Gasteiger partial charge in [-0.3, -0.25) is 15.2 Å². The summed E-state index contributed by atoms with van der Waals surface area (Å²) < 4.78 is 0. The maximum atomic E-state index is 11.8. The van der Waals surface area contributed by atoms with Crippen LogP contribution in [0, 0.1) is 6.92 Å². The first kappa shape index (κ1) is 14.7. The van der Waals surface area contributed by atoms with Crippen LogP contribution in [0.25, 0.3) is 0 Å². The van der Waals surface area contributed by atoms with Crippen LogP contribution in [0.5, 0.6) is 0 Å². The number of H-pyrrole nitrogens is 1. The lowest BCUT2D eigenvalue weighted by Gasteiger charge is -2.06. The number of hydrogen-bond donors (Lipinski definition) is 3. The molecule has 0 radical (unpaired) electrons. The maximum Gasteiger partial charge on any atom is 0.255 e. The van der Waals surface area contributed by atoms with Crippen molar-refractivity contribution in [2.75, 3.05) is 5.43 Å². The SMILES string of the molecule is CCCCCCCCc1c(C)nc(NN)[nH]c1=O. The summed E-state index contributed by atoms with van der Waals surface area (Å²) in [7, 11) is 0. The molecule has 1 aromatic rings. The second-order valence-electron chi connectivity index (χ2n) is 4.64.